The molecule has 0 N–H and O–H groups in total. The predicted octanol–water partition coefficient (Wildman–Crippen LogP) is 2.97. The van der Waals surface area contributed by atoms with Gasteiger partial charge in [0.2, 0.25) is 6.41 Å². The Morgan fingerprint density at radius 2 is 1.79 bits per heavy atom. The number of aldehydes is 1. The van der Waals surface area contributed by atoms with Crippen LogP contribution < -0.4 is 0 Å². The van der Waals surface area contributed by atoms with E-state index in [4.69, 9.17) is 0 Å². The SMILES string of the molecule is O=CCN(C=O)C(c1ccccc1)C1CCCCC1. The van der Waals surface area contributed by atoms with Gasteiger partial charge in [0.15, 0.2) is 0 Å². The molecule has 19 heavy (non-hydrogen) atoms. The average molecular weight is 259 g/mol. The number of amides is 1. The molecule has 3 heteroatoms. The average Bonchev–Trinajstić information content (AvgIpc) is 2.49. The number of hydrogen-bond acceptors (Lipinski definition) is 2. The zero-order chi connectivity index (χ0) is 13.5. The highest BCUT2D eigenvalue weighted by molar-refractivity contribution is 5.60. The summed E-state index contributed by atoms with van der Waals surface area (Å²) in [5.74, 6) is 0.473. The Balaban J connectivity index is 2.25. The summed E-state index contributed by atoms with van der Waals surface area (Å²) >= 11 is 0. The second-order valence-corrected chi connectivity index (χ2v) is 5.22. The van der Waals surface area contributed by atoms with Crippen LogP contribution in [-0.2, 0) is 9.59 Å². The van der Waals surface area contributed by atoms with Crippen molar-refractivity contribution in [2.24, 2.45) is 5.92 Å². The van der Waals surface area contributed by atoms with Gasteiger partial charge in [-0.05, 0) is 24.3 Å². The highest BCUT2D eigenvalue weighted by Gasteiger charge is 2.29. The van der Waals surface area contributed by atoms with Gasteiger partial charge in [0.25, 0.3) is 0 Å². The molecule has 1 aromatic carbocycles. The first-order valence-electron chi connectivity index (χ1n) is 7.06. The van der Waals surface area contributed by atoms with Gasteiger partial charge in [-0.3, -0.25) is 4.79 Å². The zero-order valence-electron chi connectivity index (χ0n) is 11.2. The monoisotopic (exact) mass is 259 g/mol. The van der Waals surface area contributed by atoms with Crippen molar-refractivity contribution in [3.8, 4) is 0 Å². The third-order valence-corrected chi connectivity index (χ3v) is 4.02. The molecular weight excluding hydrogens is 238 g/mol. The van der Waals surface area contributed by atoms with E-state index >= 15 is 0 Å². The van der Waals surface area contributed by atoms with Gasteiger partial charge < -0.3 is 9.69 Å². The molecule has 0 radical (unpaired) electrons. The maximum absolute atomic E-state index is 11.3. The molecule has 102 valence electrons. The van der Waals surface area contributed by atoms with Crippen molar-refractivity contribution in [1.82, 2.24) is 4.90 Å². The van der Waals surface area contributed by atoms with Gasteiger partial charge in [-0.1, -0.05) is 49.6 Å². The molecule has 2 rings (SSSR count). The molecule has 1 saturated carbocycles. The summed E-state index contributed by atoms with van der Waals surface area (Å²) in [5.41, 5.74) is 1.14. The fraction of sp³-hybridized carbons (Fsp3) is 0.500. The molecule has 1 aromatic rings. The van der Waals surface area contributed by atoms with E-state index in [9.17, 15) is 9.59 Å². The van der Waals surface area contributed by atoms with Crippen LogP contribution in [-0.4, -0.2) is 24.1 Å². The van der Waals surface area contributed by atoms with Crippen LogP contribution in [0.15, 0.2) is 30.3 Å². The van der Waals surface area contributed by atoms with Gasteiger partial charge in [-0.25, -0.2) is 0 Å². The van der Waals surface area contributed by atoms with Gasteiger partial charge in [0.1, 0.15) is 6.29 Å². The largest absolute Gasteiger partial charge is 0.331 e. The predicted molar refractivity (Wildman–Crippen MR) is 74.6 cm³/mol. The fourth-order valence-corrected chi connectivity index (χ4v) is 3.14. The van der Waals surface area contributed by atoms with Crippen molar-refractivity contribution < 1.29 is 9.59 Å². The number of rotatable bonds is 6. The molecule has 0 spiro atoms. The van der Waals surface area contributed by atoms with E-state index < -0.39 is 0 Å². The van der Waals surface area contributed by atoms with E-state index in [1.807, 2.05) is 18.2 Å². The topological polar surface area (TPSA) is 37.4 Å². The smallest absolute Gasteiger partial charge is 0.210 e. The first kappa shape index (κ1) is 13.8. The number of benzene rings is 1. The highest BCUT2D eigenvalue weighted by atomic mass is 16.1. The van der Waals surface area contributed by atoms with E-state index in [1.54, 1.807) is 4.90 Å². The van der Waals surface area contributed by atoms with Gasteiger partial charge in [-0.2, -0.15) is 0 Å². The minimum absolute atomic E-state index is 0.0456. The van der Waals surface area contributed by atoms with Crippen molar-refractivity contribution in [3.05, 3.63) is 35.9 Å². The third-order valence-electron chi connectivity index (χ3n) is 4.02. The fourth-order valence-electron chi connectivity index (χ4n) is 3.14. The summed E-state index contributed by atoms with van der Waals surface area (Å²) in [6.45, 7) is 0.180. The Morgan fingerprint density at radius 1 is 1.11 bits per heavy atom. The van der Waals surface area contributed by atoms with Crippen LogP contribution in [0.3, 0.4) is 0 Å². The lowest BCUT2D eigenvalue weighted by atomic mass is 9.80. The normalized spacial score (nSPS) is 17.7. The van der Waals surface area contributed by atoms with Crippen LogP contribution in [0.1, 0.15) is 43.7 Å². The Morgan fingerprint density at radius 3 is 2.37 bits per heavy atom. The summed E-state index contributed by atoms with van der Waals surface area (Å²) in [5, 5.41) is 0. The van der Waals surface area contributed by atoms with E-state index in [0.717, 1.165) is 31.1 Å². The standard InChI is InChI=1S/C16H21NO2/c18-12-11-17(13-19)16(14-7-3-1-4-8-14)15-9-5-2-6-10-15/h1,3-4,7-8,12-13,15-16H,2,5-6,9-11H2. The Bertz CT molecular complexity index is 398. The minimum atomic E-state index is 0.0456. The van der Waals surface area contributed by atoms with Crippen molar-refractivity contribution in [1.29, 1.82) is 0 Å². The maximum Gasteiger partial charge on any atom is 0.210 e. The van der Waals surface area contributed by atoms with Crippen LogP contribution in [0.25, 0.3) is 0 Å². The van der Waals surface area contributed by atoms with Crippen LogP contribution in [0.4, 0.5) is 0 Å². The summed E-state index contributed by atoms with van der Waals surface area (Å²) in [4.78, 5) is 23.8. The molecule has 1 amide bonds. The molecule has 1 aliphatic carbocycles. The lowest BCUT2D eigenvalue weighted by molar-refractivity contribution is -0.125. The maximum atomic E-state index is 11.3. The second-order valence-electron chi connectivity index (χ2n) is 5.22. The van der Waals surface area contributed by atoms with E-state index in [1.165, 1.54) is 19.3 Å². The zero-order valence-corrected chi connectivity index (χ0v) is 11.2. The van der Waals surface area contributed by atoms with E-state index in [0.29, 0.717) is 5.92 Å². The van der Waals surface area contributed by atoms with Crippen LogP contribution in [0.5, 0.6) is 0 Å². The molecule has 1 unspecified atom stereocenters. The van der Waals surface area contributed by atoms with E-state index in [2.05, 4.69) is 12.1 Å². The molecule has 3 nitrogen and oxygen atoms in total. The van der Waals surface area contributed by atoms with Crippen LogP contribution >= 0.6 is 0 Å². The molecule has 1 fully saturated rings. The van der Waals surface area contributed by atoms with Gasteiger partial charge >= 0.3 is 0 Å². The first-order valence-corrected chi connectivity index (χ1v) is 7.06. The Labute approximate surface area is 114 Å². The summed E-state index contributed by atoms with van der Waals surface area (Å²) in [6, 6.07) is 10.1. The van der Waals surface area contributed by atoms with Crippen LogP contribution in [0.2, 0.25) is 0 Å². The molecule has 0 bridgehead atoms. The Kier molecular flexibility index (Phi) is 5.13. The Hall–Kier alpha value is -1.64. The molecule has 0 aliphatic heterocycles. The highest BCUT2D eigenvalue weighted by Crippen LogP contribution is 2.37. The minimum Gasteiger partial charge on any atom is -0.331 e. The number of nitrogens with zero attached hydrogens (tertiary/aromatic N) is 1. The van der Waals surface area contributed by atoms with Crippen LogP contribution in [0, 0.1) is 5.92 Å². The third kappa shape index (κ3) is 3.43. The number of carbonyl (C=O) groups is 2. The molecule has 0 aromatic heterocycles. The van der Waals surface area contributed by atoms with Crippen molar-refractivity contribution in [2.75, 3.05) is 6.54 Å². The molecule has 1 aliphatic rings. The lowest BCUT2D eigenvalue weighted by Gasteiger charge is -2.36. The van der Waals surface area contributed by atoms with E-state index in [-0.39, 0.29) is 12.6 Å². The van der Waals surface area contributed by atoms with Gasteiger partial charge in [0.05, 0.1) is 12.6 Å². The molecule has 0 saturated heterocycles. The summed E-state index contributed by atoms with van der Waals surface area (Å²) < 4.78 is 0. The summed E-state index contributed by atoms with van der Waals surface area (Å²) in [7, 11) is 0. The van der Waals surface area contributed by atoms with Crippen molar-refractivity contribution in [2.45, 2.75) is 38.1 Å². The first-order chi connectivity index (χ1) is 9.36. The molecule has 0 heterocycles. The number of hydrogen-bond donors (Lipinski definition) is 0. The molecular formula is C16H21NO2. The lowest BCUT2D eigenvalue weighted by Crippen LogP contribution is -2.35. The van der Waals surface area contributed by atoms with Gasteiger partial charge in [0, 0.05) is 0 Å². The van der Waals surface area contributed by atoms with Crippen molar-refractivity contribution >= 4 is 12.7 Å². The van der Waals surface area contributed by atoms with Gasteiger partial charge in [-0.15, -0.1) is 0 Å². The summed E-state index contributed by atoms with van der Waals surface area (Å²) in [6.07, 6.45) is 7.65. The molecule has 1 atom stereocenters. The number of carbonyl (C=O) groups excluding carboxylic acids is 2. The quantitative estimate of drug-likeness (QED) is 0.736. The second kappa shape index (κ2) is 7.07. The van der Waals surface area contributed by atoms with Crippen molar-refractivity contribution in [3.63, 3.8) is 0 Å².